The summed E-state index contributed by atoms with van der Waals surface area (Å²) in [7, 11) is 0. The molecule has 22 heavy (non-hydrogen) atoms. The SMILES string of the molecule is O=C(Nc1cccc([N+](=O)[O-])c1)C1CC1c1ccccc1F. The Labute approximate surface area is 125 Å². The second-order valence-electron chi connectivity index (χ2n) is 5.27. The fraction of sp³-hybridized carbons (Fsp3) is 0.188. The Hall–Kier alpha value is -2.76. The molecule has 3 rings (SSSR count). The number of carbonyl (C=O) groups excluding carboxylic acids is 1. The molecule has 1 aliphatic carbocycles. The van der Waals surface area contributed by atoms with Crippen LogP contribution in [0.5, 0.6) is 0 Å². The van der Waals surface area contributed by atoms with Crippen molar-refractivity contribution in [3.8, 4) is 0 Å². The number of anilines is 1. The summed E-state index contributed by atoms with van der Waals surface area (Å²) < 4.78 is 13.7. The average molecular weight is 300 g/mol. The zero-order chi connectivity index (χ0) is 15.7. The third kappa shape index (κ3) is 2.81. The molecular weight excluding hydrogens is 287 g/mol. The molecular formula is C16H13FN2O3. The van der Waals surface area contributed by atoms with Gasteiger partial charge in [-0.1, -0.05) is 24.3 Å². The number of non-ortho nitro benzene ring substituents is 1. The number of nitrogens with one attached hydrogen (secondary N) is 1. The van der Waals surface area contributed by atoms with Crippen LogP contribution in [0.15, 0.2) is 48.5 Å². The molecule has 112 valence electrons. The lowest BCUT2D eigenvalue weighted by atomic mass is 10.1. The van der Waals surface area contributed by atoms with Gasteiger partial charge in [0.05, 0.1) is 4.92 Å². The van der Waals surface area contributed by atoms with Gasteiger partial charge in [0, 0.05) is 23.7 Å². The van der Waals surface area contributed by atoms with E-state index in [2.05, 4.69) is 5.32 Å². The summed E-state index contributed by atoms with van der Waals surface area (Å²) in [6, 6.07) is 12.2. The van der Waals surface area contributed by atoms with Gasteiger partial charge in [0.1, 0.15) is 5.82 Å². The molecule has 2 aromatic rings. The molecule has 1 aliphatic rings. The molecule has 2 aromatic carbocycles. The molecule has 0 bridgehead atoms. The highest BCUT2D eigenvalue weighted by Crippen LogP contribution is 2.48. The second kappa shape index (κ2) is 5.55. The molecule has 2 atom stereocenters. The van der Waals surface area contributed by atoms with Crippen molar-refractivity contribution in [1.29, 1.82) is 0 Å². The van der Waals surface area contributed by atoms with Crippen LogP contribution in [0, 0.1) is 21.8 Å². The molecule has 0 aliphatic heterocycles. The molecule has 1 saturated carbocycles. The van der Waals surface area contributed by atoms with Crippen LogP contribution in [0.3, 0.4) is 0 Å². The zero-order valence-electron chi connectivity index (χ0n) is 11.5. The molecule has 6 heteroatoms. The lowest BCUT2D eigenvalue weighted by molar-refractivity contribution is -0.384. The lowest BCUT2D eigenvalue weighted by Crippen LogP contribution is -2.14. The number of halogens is 1. The molecule has 2 unspecified atom stereocenters. The number of carbonyl (C=O) groups is 1. The van der Waals surface area contributed by atoms with Crippen molar-refractivity contribution >= 4 is 17.3 Å². The predicted molar refractivity (Wildman–Crippen MR) is 79.0 cm³/mol. The Morgan fingerprint density at radius 1 is 1.23 bits per heavy atom. The first-order valence-corrected chi connectivity index (χ1v) is 6.86. The molecule has 1 fully saturated rings. The van der Waals surface area contributed by atoms with Crippen LogP contribution < -0.4 is 5.32 Å². The van der Waals surface area contributed by atoms with E-state index in [-0.39, 0.29) is 29.2 Å². The van der Waals surface area contributed by atoms with Gasteiger partial charge in [-0.25, -0.2) is 4.39 Å². The van der Waals surface area contributed by atoms with Gasteiger partial charge in [0.15, 0.2) is 0 Å². The monoisotopic (exact) mass is 300 g/mol. The second-order valence-corrected chi connectivity index (χ2v) is 5.27. The van der Waals surface area contributed by atoms with Gasteiger partial charge in [-0.05, 0) is 30.0 Å². The Morgan fingerprint density at radius 3 is 2.73 bits per heavy atom. The van der Waals surface area contributed by atoms with Crippen molar-refractivity contribution < 1.29 is 14.1 Å². The van der Waals surface area contributed by atoms with Crippen LogP contribution in [0.1, 0.15) is 17.9 Å². The van der Waals surface area contributed by atoms with E-state index in [1.807, 2.05) is 0 Å². The minimum absolute atomic E-state index is 0.0840. The Morgan fingerprint density at radius 2 is 2.00 bits per heavy atom. The fourth-order valence-corrected chi connectivity index (χ4v) is 2.54. The summed E-state index contributed by atoms with van der Waals surface area (Å²) in [6.07, 6.45) is 0.585. The van der Waals surface area contributed by atoms with E-state index in [1.165, 1.54) is 24.3 Å². The summed E-state index contributed by atoms with van der Waals surface area (Å²) in [5.74, 6) is -0.969. The molecule has 1 N–H and O–H groups in total. The van der Waals surface area contributed by atoms with Crippen LogP contribution >= 0.6 is 0 Å². The summed E-state index contributed by atoms with van der Waals surface area (Å²) in [5, 5.41) is 13.4. The van der Waals surface area contributed by atoms with Gasteiger partial charge in [0.2, 0.25) is 5.91 Å². The Kier molecular flexibility index (Phi) is 3.58. The number of hydrogen-bond acceptors (Lipinski definition) is 3. The molecule has 0 radical (unpaired) electrons. The van der Waals surface area contributed by atoms with Crippen LogP contribution in [0.4, 0.5) is 15.8 Å². The van der Waals surface area contributed by atoms with Gasteiger partial charge in [0.25, 0.3) is 5.69 Å². The van der Waals surface area contributed by atoms with Crippen LogP contribution in [-0.4, -0.2) is 10.8 Å². The highest BCUT2D eigenvalue weighted by molar-refractivity contribution is 5.95. The zero-order valence-corrected chi connectivity index (χ0v) is 11.5. The highest BCUT2D eigenvalue weighted by Gasteiger charge is 2.45. The fourth-order valence-electron chi connectivity index (χ4n) is 2.54. The van der Waals surface area contributed by atoms with Gasteiger partial charge >= 0.3 is 0 Å². The van der Waals surface area contributed by atoms with E-state index in [0.717, 1.165) is 0 Å². The number of amides is 1. The van der Waals surface area contributed by atoms with Crippen LogP contribution in [0.2, 0.25) is 0 Å². The summed E-state index contributed by atoms with van der Waals surface area (Å²) in [6.45, 7) is 0. The standard InChI is InChI=1S/C16H13FN2O3/c17-15-7-2-1-6-12(15)13-9-14(13)16(20)18-10-4-3-5-11(8-10)19(21)22/h1-8,13-14H,9H2,(H,18,20). The summed E-state index contributed by atoms with van der Waals surface area (Å²) in [4.78, 5) is 22.3. The lowest BCUT2D eigenvalue weighted by Gasteiger charge is -2.05. The van der Waals surface area contributed by atoms with Crippen LogP contribution in [-0.2, 0) is 4.79 Å². The third-order valence-corrected chi connectivity index (χ3v) is 3.76. The minimum atomic E-state index is -0.519. The van der Waals surface area contributed by atoms with Crippen LogP contribution in [0.25, 0.3) is 0 Å². The minimum Gasteiger partial charge on any atom is -0.326 e. The largest absolute Gasteiger partial charge is 0.326 e. The number of nitrogens with zero attached hydrogens (tertiary/aromatic N) is 1. The number of rotatable bonds is 4. The normalized spacial score (nSPS) is 19.5. The van der Waals surface area contributed by atoms with E-state index in [0.29, 0.717) is 17.7 Å². The van der Waals surface area contributed by atoms with Gasteiger partial charge in [-0.15, -0.1) is 0 Å². The van der Waals surface area contributed by atoms with Crippen molar-refractivity contribution in [3.63, 3.8) is 0 Å². The van der Waals surface area contributed by atoms with Crippen molar-refractivity contribution in [2.45, 2.75) is 12.3 Å². The number of benzene rings is 2. The smallest absolute Gasteiger partial charge is 0.271 e. The van der Waals surface area contributed by atoms with E-state index < -0.39 is 4.92 Å². The van der Waals surface area contributed by atoms with E-state index in [1.54, 1.807) is 24.3 Å². The number of hydrogen-bond donors (Lipinski definition) is 1. The topological polar surface area (TPSA) is 72.2 Å². The number of nitro groups is 1. The first-order valence-electron chi connectivity index (χ1n) is 6.86. The predicted octanol–water partition coefficient (Wildman–Crippen LogP) is 3.48. The van der Waals surface area contributed by atoms with E-state index in [9.17, 15) is 19.3 Å². The molecule has 0 spiro atoms. The Bertz CT molecular complexity index is 748. The molecule has 0 saturated heterocycles. The van der Waals surface area contributed by atoms with Gasteiger partial charge in [-0.3, -0.25) is 14.9 Å². The van der Waals surface area contributed by atoms with Crippen molar-refractivity contribution in [1.82, 2.24) is 0 Å². The van der Waals surface area contributed by atoms with Crippen molar-refractivity contribution in [2.75, 3.05) is 5.32 Å². The maximum absolute atomic E-state index is 13.7. The number of nitro benzene ring substituents is 1. The molecule has 0 aromatic heterocycles. The maximum Gasteiger partial charge on any atom is 0.271 e. The van der Waals surface area contributed by atoms with E-state index >= 15 is 0 Å². The average Bonchev–Trinajstić information content (AvgIpc) is 3.28. The van der Waals surface area contributed by atoms with Crippen molar-refractivity contribution in [3.05, 3.63) is 70.0 Å². The molecule has 5 nitrogen and oxygen atoms in total. The quantitative estimate of drug-likeness (QED) is 0.694. The molecule has 0 heterocycles. The first-order chi connectivity index (χ1) is 10.6. The highest BCUT2D eigenvalue weighted by atomic mass is 19.1. The van der Waals surface area contributed by atoms with Crippen molar-refractivity contribution in [2.24, 2.45) is 5.92 Å². The third-order valence-electron chi connectivity index (χ3n) is 3.76. The van der Waals surface area contributed by atoms with E-state index in [4.69, 9.17) is 0 Å². The van der Waals surface area contributed by atoms with Gasteiger partial charge in [-0.2, -0.15) is 0 Å². The Balaban J connectivity index is 1.68. The molecule has 1 amide bonds. The maximum atomic E-state index is 13.7. The summed E-state index contributed by atoms with van der Waals surface area (Å²) in [5.41, 5.74) is 0.833. The van der Waals surface area contributed by atoms with Gasteiger partial charge < -0.3 is 5.32 Å². The first kappa shape index (κ1) is 14.2. The summed E-state index contributed by atoms with van der Waals surface area (Å²) >= 11 is 0.